The lowest BCUT2D eigenvalue weighted by molar-refractivity contribution is 0.807. The molecule has 1 aliphatic heterocycles. The molecule has 6 heavy (non-hydrogen) atoms. The summed E-state index contributed by atoms with van der Waals surface area (Å²) < 4.78 is 0. The Morgan fingerprint density at radius 3 is 1.67 bits per heavy atom. The highest BCUT2D eigenvalue weighted by Crippen LogP contribution is 1.62. The van der Waals surface area contributed by atoms with E-state index >= 15 is 0 Å². The predicted octanol–water partition coefficient (Wildman–Crippen LogP) is -0.442. The summed E-state index contributed by atoms with van der Waals surface area (Å²) in [7, 11) is 0. The smallest absolute Gasteiger partial charge is 0.0455 e. The Balaban J connectivity index is 0.000000250. The summed E-state index contributed by atoms with van der Waals surface area (Å²) in [6.07, 6.45) is 0. The Morgan fingerprint density at radius 1 is 1.00 bits per heavy atom. The molecule has 2 N–H and O–H groups in total. The fourth-order valence-corrected chi connectivity index (χ4v) is 0.442. The van der Waals surface area contributed by atoms with Gasteiger partial charge in [0.15, 0.2) is 0 Å². The molecule has 0 saturated carbocycles. The van der Waals surface area contributed by atoms with E-state index in [1.807, 2.05) is 0 Å². The Labute approximate surface area is 43.7 Å². The van der Waals surface area contributed by atoms with Crippen molar-refractivity contribution in [1.82, 2.24) is 10.6 Å². The normalized spacial score (nSPS) is 20.0. The van der Waals surface area contributed by atoms with Crippen molar-refractivity contribution in [2.24, 2.45) is 0 Å². The molecule has 0 amide bonds. The van der Waals surface area contributed by atoms with Crippen LogP contribution in [0.5, 0.6) is 0 Å². The predicted molar refractivity (Wildman–Crippen MR) is 28.1 cm³/mol. The quantitative estimate of drug-likeness (QED) is 0.440. The van der Waals surface area contributed by atoms with E-state index in [1.54, 1.807) is 0 Å². The summed E-state index contributed by atoms with van der Waals surface area (Å²) in [5, 5.41) is 6.22. The van der Waals surface area contributed by atoms with Crippen LogP contribution in [-0.4, -0.2) is 19.8 Å². The Kier molecular flexibility index (Phi) is 3.52. The largest absolute Gasteiger partial charge is 0.303 e. The maximum absolute atomic E-state index is 3.11. The van der Waals surface area contributed by atoms with Crippen LogP contribution >= 0.6 is 12.4 Å². The lowest BCUT2D eigenvalue weighted by atomic mass is 10.7. The van der Waals surface area contributed by atoms with E-state index in [-0.39, 0.29) is 12.4 Å². The average Bonchev–Trinajstić information content (AvgIpc) is 1.76. The first kappa shape index (κ1) is 6.21. The third-order valence-electron chi connectivity index (χ3n) is 0.729. The highest BCUT2D eigenvalue weighted by Gasteiger charge is 1.90. The third kappa shape index (κ3) is 1.60. The molecule has 1 fully saturated rings. The fraction of sp³-hybridized carbons (Fsp3) is 1.00. The molecule has 1 saturated heterocycles. The summed E-state index contributed by atoms with van der Waals surface area (Å²) >= 11 is 0. The van der Waals surface area contributed by atoms with Gasteiger partial charge in [-0.1, -0.05) is 0 Å². The summed E-state index contributed by atoms with van der Waals surface area (Å²) in [4.78, 5) is 0. The molecular formula is C3H9ClN2. The molecule has 0 aromatic carbocycles. The van der Waals surface area contributed by atoms with E-state index in [9.17, 15) is 0 Å². The SMILES string of the molecule is C1CNCN1.Cl. The van der Waals surface area contributed by atoms with Gasteiger partial charge >= 0.3 is 0 Å². The van der Waals surface area contributed by atoms with Crippen molar-refractivity contribution in [3.63, 3.8) is 0 Å². The summed E-state index contributed by atoms with van der Waals surface area (Å²) in [5.41, 5.74) is 0. The monoisotopic (exact) mass is 108 g/mol. The van der Waals surface area contributed by atoms with Crippen LogP contribution in [0.1, 0.15) is 0 Å². The van der Waals surface area contributed by atoms with Crippen LogP contribution in [-0.2, 0) is 0 Å². The number of hydrogen-bond acceptors (Lipinski definition) is 2. The molecule has 0 aromatic heterocycles. The molecule has 0 unspecified atom stereocenters. The maximum Gasteiger partial charge on any atom is 0.0455 e. The third-order valence-corrected chi connectivity index (χ3v) is 0.729. The van der Waals surface area contributed by atoms with Crippen molar-refractivity contribution in [3.05, 3.63) is 0 Å². The van der Waals surface area contributed by atoms with Gasteiger partial charge in [-0.3, -0.25) is 0 Å². The highest BCUT2D eigenvalue weighted by molar-refractivity contribution is 5.85. The fourth-order valence-electron chi connectivity index (χ4n) is 0.442. The van der Waals surface area contributed by atoms with Gasteiger partial charge in [0.25, 0.3) is 0 Å². The van der Waals surface area contributed by atoms with Gasteiger partial charge in [0.2, 0.25) is 0 Å². The van der Waals surface area contributed by atoms with Gasteiger partial charge in [0.05, 0.1) is 0 Å². The minimum absolute atomic E-state index is 0. The van der Waals surface area contributed by atoms with Crippen molar-refractivity contribution in [1.29, 1.82) is 0 Å². The molecule has 2 nitrogen and oxygen atoms in total. The van der Waals surface area contributed by atoms with Crippen LogP contribution in [0.4, 0.5) is 0 Å². The molecule has 0 aliphatic carbocycles. The lowest BCUT2D eigenvalue weighted by Crippen LogP contribution is -2.11. The standard InChI is InChI=1S/C3H8N2.ClH/c1-2-5-3-4-1;/h4-5H,1-3H2;1H. The number of halogens is 1. The molecule has 1 rings (SSSR count). The van der Waals surface area contributed by atoms with Crippen LogP contribution in [0.25, 0.3) is 0 Å². The van der Waals surface area contributed by atoms with Crippen LogP contribution in [0.15, 0.2) is 0 Å². The molecule has 0 spiro atoms. The minimum Gasteiger partial charge on any atom is -0.303 e. The summed E-state index contributed by atoms with van der Waals surface area (Å²) in [5.74, 6) is 0. The molecule has 0 aromatic rings. The number of nitrogens with one attached hydrogen (secondary N) is 2. The number of hydrogen-bond donors (Lipinski definition) is 2. The van der Waals surface area contributed by atoms with E-state index in [2.05, 4.69) is 10.6 Å². The van der Waals surface area contributed by atoms with Gasteiger partial charge in [0.1, 0.15) is 0 Å². The van der Waals surface area contributed by atoms with Crippen molar-refractivity contribution in [3.8, 4) is 0 Å². The zero-order valence-electron chi connectivity index (χ0n) is 3.53. The Hall–Kier alpha value is 0.210. The van der Waals surface area contributed by atoms with E-state index < -0.39 is 0 Å². The molecule has 1 heterocycles. The molecule has 0 radical (unpaired) electrons. The zero-order chi connectivity index (χ0) is 3.54. The van der Waals surface area contributed by atoms with Crippen LogP contribution in [0, 0.1) is 0 Å². The average molecular weight is 109 g/mol. The van der Waals surface area contributed by atoms with E-state index in [0.29, 0.717) is 0 Å². The maximum atomic E-state index is 3.11. The van der Waals surface area contributed by atoms with Gasteiger partial charge in [0, 0.05) is 19.8 Å². The van der Waals surface area contributed by atoms with E-state index in [0.717, 1.165) is 19.8 Å². The van der Waals surface area contributed by atoms with Crippen molar-refractivity contribution in [2.75, 3.05) is 19.8 Å². The van der Waals surface area contributed by atoms with Gasteiger partial charge in [-0.25, -0.2) is 0 Å². The second kappa shape index (κ2) is 3.40. The lowest BCUT2D eigenvalue weighted by Gasteiger charge is -1.77. The van der Waals surface area contributed by atoms with Gasteiger partial charge < -0.3 is 10.6 Å². The second-order valence-corrected chi connectivity index (χ2v) is 1.18. The molecule has 0 atom stereocenters. The molecule has 0 bridgehead atoms. The first-order chi connectivity index (χ1) is 2.50. The van der Waals surface area contributed by atoms with Crippen LogP contribution < -0.4 is 10.6 Å². The highest BCUT2D eigenvalue weighted by atomic mass is 35.5. The van der Waals surface area contributed by atoms with Crippen molar-refractivity contribution >= 4 is 12.4 Å². The Morgan fingerprint density at radius 2 is 1.50 bits per heavy atom. The van der Waals surface area contributed by atoms with Crippen molar-refractivity contribution in [2.45, 2.75) is 0 Å². The van der Waals surface area contributed by atoms with E-state index in [4.69, 9.17) is 0 Å². The zero-order valence-corrected chi connectivity index (χ0v) is 4.35. The second-order valence-electron chi connectivity index (χ2n) is 1.18. The molecular weight excluding hydrogens is 99.5 g/mol. The van der Waals surface area contributed by atoms with Crippen LogP contribution in [0.3, 0.4) is 0 Å². The van der Waals surface area contributed by atoms with E-state index in [1.165, 1.54) is 0 Å². The topological polar surface area (TPSA) is 24.1 Å². The van der Waals surface area contributed by atoms with Gasteiger partial charge in [-0.15, -0.1) is 12.4 Å². The molecule has 3 heteroatoms. The Bertz CT molecular complexity index is 20.4. The molecule has 1 aliphatic rings. The summed E-state index contributed by atoms with van der Waals surface area (Å²) in [6.45, 7) is 3.28. The first-order valence-electron chi connectivity index (χ1n) is 1.91. The molecule has 38 valence electrons. The first-order valence-corrected chi connectivity index (χ1v) is 1.91. The van der Waals surface area contributed by atoms with Gasteiger partial charge in [-0.05, 0) is 0 Å². The minimum atomic E-state index is 0. The summed E-state index contributed by atoms with van der Waals surface area (Å²) in [6, 6.07) is 0. The van der Waals surface area contributed by atoms with Crippen LogP contribution in [0.2, 0.25) is 0 Å². The number of rotatable bonds is 0. The van der Waals surface area contributed by atoms with Gasteiger partial charge in [-0.2, -0.15) is 0 Å². The van der Waals surface area contributed by atoms with Crippen molar-refractivity contribution < 1.29 is 0 Å².